The number of nitrogens with zero attached hydrogens (tertiary/aromatic N) is 5. The van der Waals surface area contributed by atoms with Gasteiger partial charge in [-0.15, -0.1) is 0 Å². The third kappa shape index (κ3) is 4.51. The Labute approximate surface area is 169 Å². The number of rotatable bonds is 5. The lowest BCUT2D eigenvalue weighted by molar-refractivity contribution is -0.132. The van der Waals surface area contributed by atoms with Gasteiger partial charge in [0.2, 0.25) is 5.91 Å². The average Bonchev–Trinajstić information content (AvgIpc) is 3.11. The molecule has 29 heavy (non-hydrogen) atoms. The molecule has 0 bridgehead atoms. The van der Waals surface area contributed by atoms with Gasteiger partial charge in [0.25, 0.3) is 0 Å². The van der Waals surface area contributed by atoms with Crippen LogP contribution in [0.3, 0.4) is 0 Å². The molecule has 1 aliphatic heterocycles. The van der Waals surface area contributed by atoms with Crippen molar-refractivity contribution in [1.82, 2.24) is 24.6 Å². The standard InChI is InChI=1S/C22H24FN5O/c1-26-19(15-21(25-26)17-6-8-24-9-7-17)16-27-10-12-28(13-11-27)22(29)14-18-4-2-3-5-20(18)23/h2-9,15H,10-14,16H2,1H3. The van der Waals surface area contributed by atoms with Crippen molar-refractivity contribution in [2.45, 2.75) is 13.0 Å². The van der Waals surface area contributed by atoms with Crippen LogP contribution in [0, 0.1) is 5.82 Å². The molecule has 1 saturated heterocycles. The lowest BCUT2D eigenvalue weighted by Gasteiger charge is -2.34. The SMILES string of the molecule is Cn1nc(-c2ccncc2)cc1CN1CCN(C(=O)Cc2ccccc2F)CC1. The second-order valence-corrected chi connectivity index (χ2v) is 7.31. The zero-order chi connectivity index (χ0) is 20.2. The Hall–Kier alpha value is -3.06. The number of aryl methyl sites for hydroxylation is 1. The molecule has 1 amide bonds. The van der Waals surface area contributed by atoms with Gasteiger partial charge in [-0.1, -0.05) is 18.2 Å². The maximum atomic E-state index is 13.8. The summed E-state index contributed by atoms with van der Waals surface area (Å²) < 4.78 is 15.7. The van der Waals surface area contributed by atoms with E-state index in [1.165, 1.54) is 6.07 Å². The van der Waals surface area contributed by atoms with Gasteiger partial charge < -0.3 is 4.90 Å². The molecule has 7 heteroatoms. The van der Waals surface area contributed by atoms with Crippen molar-refractivity contribution in [3.05, 3.63) is 71.9 Å². The Balaban J connectivity index is 1.33. The molecule has 3 heterocycles. The van der Waals surface area contributed by atoms with Gasteiger partial charge >= 0.3 is 0 Å². The van der Waals surface area contributed by atoms with Crippen LogP contribution in [-0.4, -0.2) is 56.7 Å². The summed E-state index contributed by atoms with van der Waals surface area (Å²) >= 11 is 0. The van der Waals surface area contributed by atoms with Gasteiger partial charge in [-0.25, -0.2) is 4.39 Å². The van der Waals surface area contributed by atoms with Crippen molar-refractivity contribution in [1.29, 1.82) is 0 Å². The maximum absolute atomic E-state index is 13.8. The molecule has 0 N–H and O–H groups in total. The highest BCUT2D eigenvalue weighted by Gasteiger charge is 2.22. The molecule has 6 nitrogen and oxygen atoms in total. The number of halogens is 1. The zero-order valence-electron chi connectivity index (χ0n) is 16.5. The second kappa shape index (κ2) is 8.53. The summed E-state index contributed by atoms with van der Waals surface area (Å²) in [4.78, 5) is 20.7. The normalized spacial score (nSPS) is 14.9. The molecule has 0 unspecified atom stereocenters. The number of hydrogen-bond donors (Lipinski definition) is 0. The molecular weight excluding hydrogens is 369 g/mol. The maximum Gasteiger partial charge on any atom is 0.227 e. The number of amides is 1. The van der Waals surface area contributed by atoms with Crippen molar-refractivity contribution in [2.75, 3.05) is 26.2 Å². The molecule has 0 saturated carbocycles. The molecule has 0 spiro atoms. The molecule has 0 atom stereocenters. The average molecular weight is 393 g/mol. The zero-order valence-corrected chi connectivity index (χ0v) is 16.5. The van der Waals surface area contributed by atoms with E-state index in [4.69, 9.17) is 0 Å². The summed E-state index contributed by atoms with van der Waals surface area (Å²) in [5, 5.41) is 4.61. The molecular formula is C22H24FN5O. The predicted molar refractivity (Wildman–Crippen MR) is 108 cm³/mol. The minimum atomic E-state index is -0.319. The molecule has 0 aliphatic carbocycles. The van der Waals surface area contributed by atoms with Crippen LogP contribution >= 0.6 is 0 Å². The minimum Gasteiger partial charge on any atom is -0.340 e. The number of pyridine rings is 1. The Bertz CT molecular complexity index is 980. The lowest BCUT2D eigenvalue weighted by Crippen LogP contribution is -2.48. The minimum absolute atomic E-state index is 0.0183. The summed E-state index contributed by atoms with van der Waals surface area (Å²) in [6.07, 6.45) is 3.65. The summed E-state index contributed by atoms with van der Waals surface area (Å²) in [6.45, 7) is 3.67. The molecule has 1 aliphatic rings. The smallest absolute Gasteiger partial charge is 0.227 e. The monoisotopic (exact) mass is 393 g/mol. The van der Waals surface area contributed by atoms with Gasteiger partial charge in [-0.05, 0) is 29.8 Å². The molecule has 2 aromatic heterocycles. The molecule has 4 rings (SSSR count). The first kappa shape index (κ1) is 19.3. The Morgan fingerprint density at radius 3 is 2.52 bits per heavy atom. The van der Waals surface area contributed by atoms with Crippen LogP contribution in [0.15, 0.2) is 54.9 Å². The first-order valence-corrected chi connectivity index (χ1v) is 9.77. The van der Waals surface area contributed by atoms with E-state index in [0.29, 0.717) is 18.7 Å². The van der Waals surface area contributed by atoms with E-state index < -0.39 is 0 Å². The fourth-order valence-corrected chi connectivity index (χ4v) is 3.62. The Morgan fingerprint density at radius 1 is 1.07 bits per heavy atom. The van der Waals surface area contributed by atoms with E-state index in [-0.39, 0.29) is 18.1 Å². The number of aromatic nitrogens is 3. The van der Waals surface area contributed by atoms with Gasteiger partial charge in [0, 0.05) is 57.7 Å². The topological polar surface area (TPSA) is 54.3 Å². The third-order valence-electron chi connectivity index (χ3n) is 5.36. The summed E-state index contributed by atoms with van der Waals surface area (Å²) in [7, 11) is 1.95. The third-order valence-corrected chi connectivity index (χ3v) is 5.36. The number of carbonyl (C=O) groups excluding carboxylic acids is 1. The van der Waals surface area contributed by atoms with E-state index in [2.05, 4.69) is 21.0 Å². The highest BCUT2D eigenvalue weighted by Crippen LogP contribution is 2.19. The molecule has 1 aromatic carbocycles. The number of piperazine rings is 1. The fourth-order valence-electron chi connectivity index (χ4n) is 3.62. The molecule has 0 radical (unpaired) electrons. The predicted octanol–water partition coefficient (Wildman–Crippen LogP) is 2.51. The van der Waals surface area contributed by atoms with Crippen LogP contribution in [-0.2, 0) is 24.8 Å². The quantitative estimate of drug-likeness (QED) is 0.668. The second-order valence-electron chi connectivity index (χ2n) is 7.31. The number of benzene rings is 1. The van der Waals surface area contributed by atoms with Crippen LogP contribution < -0.4 is 0 Å². The van der Waals surface area contributed by atoms with Crippen LogP contribution in [0.1, 0.15) is 11.3 Å². The van der Waals surface area contributed by atoms with E-state index in [1.54, 1.807) is 30.6 Å². The van der Waals surface area contributed by atoms with Gasteiger partial charge in [-0.2, -0.15) is 5.10 Å². The molecule has 3 aromatic rings. The van der Waals surface area contributed by atoms with Crippen LogP contribution in [0.5, 0.6) is 0 Å². The van der Waals surface area contributed by atoms with Gasteiger partial charge in [0.05, 0.1) is 17.8 Å². The van der Waals surface area contributed by atoms with E-state index >= 15 is 0 Å². The first-order valence-electron chi connectivity index (χ1n) is 9.77. The van der Waals surface area contributed by atoms with Gasteiger partial charge in [-0.3, -0.25) is 19.4 Å². The van der Waals surface area contributed by atoms with Gasteiger partial charge in [0.15, 0.2) is 0 Å². The highest BCUT2D eigenvalue weighted by atomic mass is 19.1. The van der Waals surface area contributed by atoms with Crippen molar-refractivity contribution in [3.63, 3.8) is 0 Å². The fraction of sp³-hybridized carbons (Fsp3) is 0.318. The van der Waals surface area contributed by atoms with Crippen LogP contribution in [0.25, 0.3) is 11.3 Å². The van der Waals surface area contributed by atoms with Crippen LogP contribution in [0.2, 0.25) is 0 Å². The van der Waals surface area contributed by atoms with Crippen molar-refractivity contribution >= 4 is 5.91 Å². The first-order chi connectivity index (χ1) is 14.1. The summed E-state index contributed by atoms with van der Waals surface area (Å²) in [5.74, 6) is -0.337. The number of carbonyl (C=O) groups is 1. The van der Waals surface area contributed by atoms with Crippen LogP contribution in [0.4, 0.5) is 4.39 Å². The number of hydrogen-bond acceptors (Lipinski definition) is 4. The van der Waals surface area contributed by atoms with Gasteiger partial charge in [0.1, 0.15) is 5.82 Å². The largest absolute Gasteiger partial charge is 0.340 e. The summed E-state index contributed by atoms with van der Waals surface area (Å²) in [6, 6.07) is 12.5. The molecule has 150 valence electrons. The lowest BCUT2D eigenvalue weighted by atomic mass is 10.1. The highest BCUT2D eigenvalue weighted by molar-refractivity contribution is 5.79. The van der Waals surface area contributed by atoms with E-state index in [1.807, 2.05) is 28.8 Å². The van der Waals surface area contributed by atoms with E-state index in [9.17, 15) is 9.18 Å². The Kier molecular flexibility index (Phi) is 5.67. The molecule has 1 fully saturated rings. The van der Waals surface area contributed by atoms with Crippen molar-refractivity contribution in [2.24, 2.45) is 7.05 Å². The van der Waals surface area contributed by atoms with Crippen molar-refractivity contribution in [3.8, 4) is 11.3 Å². The summed E-state index contributed by atoms with van der Waals surface area (Å²) in [5.41, 5.74) is 3.57. The Morgan fingerprint density at radius 2 is 1.79 bits per heavy atom. The van der Waals surface area contributed by atoms with E-state index in [0.717, 1.165) is 36.6 Å². The van der Waals surface area contributed by atoms with Crippen molar-refractivity contribution < 1.29 is 9.18 Å².